The van der Waals surface area contributed by atoms with Gasteiger partial charge in [-0.2, -0.15) is 0 Å². The van der Waals surface area contributed by atoms with Crippen LogP contribution in [0.5, 0.6) is 11.5 Å². The zero-order valence-corrected chi connectivity index (χ0v) is 10.7. The van der Waals surface area contributed by atoms with E-state index in [0.29, 0.717) is 11.3 Å². The van der Waals surface area contributed by atoms with E-state index in [-0.39, 0.29) is 12.3 Å². The number of nitrogens with two attached hydrogens (primary N) is 1. The van der Waals surface area contributed by atoms with Crippen molar-refractivity contribution in [3.05, 3.63) is 66.1 Å². The van der Waals surface area contributed by atoms with Gasteiger partial charge in [0.25, 0.3) is 0 Å². The fourth-order valence-corrected chi connectivity index (χ4v) is 2.06. The van der Waals surface area contributed by atoms with Crippen LogP contribution in [0, 0.1) is 5.82 Å². The lowest BCUT2D eigenvalue weighted by Gasteiger charge is -2.11. The predicted octanol–water partition coefficient (Wildman–Crippen LogP) is 3.62. The first-order chi connectivity index (χ1) is 9.78. The van der Waals surface area contributed by atoms with Gasteiger partial charge in [0.1, 0.15) is 5.75 Å². The number of pyridine rings is 1. The van der Waals surface area contributed by atoms with Gasteiger partial charge >= 0.3 is 0 Å². The third kappa shape index (κ3) is 2.33. The molecule has 2 N–H and O–H groups in total. The molecule has 0 aliphatic heterocycles. The minimum atomic E-state index is -0.422. The Kier molecular flexibility index (Phi) is 3.31. The second-order valence-corrected chi connectivity index (χ2v) is 4.39. The van der Waals surface area contributed by atoms with Crippen molar-refractivity contribution in [2.24, 2.45) is 5.73 Å². The van der Waals surface area contributed by atoms with Gasteiger partial charge in [0, 0.05) is 29.8 Å². The van der Waals surface area contributed by atoms with Crippen LogP contribution in [0.4, 0.5) is 4.39 Å². The average molecular weight is 268 g/mol. The van der Waals surface area contributed by atoms with Crippen molar-refractivity contribution in [1.82, 2.24) is 4.98 Å². The van der Waals surface area contributed by atoms with E-state index in [2.05, 4.69) is 4.98 Å². The van der Waals surface area contributed by atoms with Crippen molar-refractivity contribution in [2.45, 2.75) is 6.54 Å². The van der Waals surface area contributed by atoms with Crippen LogP contribution in [-0.2, 0) is 6.54 Å². The highest BCUT2D eigenvalue weighted by atomic mass is 19.1. The largest absolute Gasteiger partial charge is 0.454 e. The summed E-state index contributed by atoms with van der Waals surface area (Å²) >= 11 is 0. The molecule has 0 aliphatic carbocycles. The molecule has 0 bridgehead atoms. The van der Waals surface area contributed by atoms with Crippen LogP contribution in [0.15, 0.2) is 54.7 Å². The van der Waals surface area contributed by atoms with Crippen LogP contribution in [-0.4, -0.2) is 4.98 Å². The van der Waals surface area contributed by atoms with E-state index in [4.69, 9.17) is 10.5 Å². The Labute approximate surface area is 115 Å². The third-order valence-electron chi connectivity index (χ3n) is 3.07. The highest BCUT2D eigenvalue weighted by Gasteiger charge is 2.10. The summed E-state index contributed by atoms with van der Waals surface area (Å²) in [6.45, 7) is 0.221. The van der Waals surface area contributed by atoms with Crippen molar-refractivity contribution in [3.8, 4) is 11.5 Å². The van der Waals surface area contributed by atoms with Gasteiger partial charge in [-0.15, -0.1) is 0 Å². The van der Waals surface area contributed by atoms with Gasteiger partial charge < -0.3 is 10.5 Å². The SMILES string of the molecule is NCc1cccc(F)c1Oc1ccc2cccnc2c1. The number of ether oxygens (including phenoxy) is 1. The fraction of sp³-hybridized carbons (Fsp3) is 0.0625. The molecule has 3 rings (SSSR count). The maximum absolute atomic E-state index is 13.8. The van der Waals surface area contributed by atoms with E-state index in [9.17, 15) is 4.39 Å². The third-order valence-corrected chi connectivity index (χ3v) is 3.07. The lowest BCUT2D eigenvalue weighted by atomic mass is 10.2. The first-order valence-corrected chi connectivity index (χ1v) is 6.28. The van der Waals surface area contributed by atoms with E-state index < -0.39 is 5.82 Å². The maximum atomic E-state index is 13.8. The molecule has 1 heterocycles. The lowest BCUT2D eigenvalue weighted by molar-refractivity contribution is 0.437. The predicted molar refractivity (Wildman–Crippen MR) is 76.1 cm³/mol. The van der Waals surface area contributed by atoms with Crippen molar-refractivity contribution in [3.63, 3.8) is 0 Å². The van der Waals surface area contributed by atoms with Crippen LogP contribution in [0.2, 0.25) is 0 Å². The first kappa shape index (κ1) is 12.6. The van der Waals surface area contributed by atoms with E-state index >= 15 is 0 Å². The molecule has 0 atom stereocenters. The van der Waals surface area contributed by atoms with Gasteiger partial charge in [-0.25, -0.2) is 4.39 Å². The highest BCUT2D eigenvalue weighted by molar-refractivity contribution is 5.79. The monoisotopic (exact) mass is 268 g/mol. The molecule has 0 saturated heterocycles. The zero-order valence-electron chi connectivity index (χ0n) is 10.7. The molecule has 100 valence electrons. The Morgan fingerprint density at radius 3 is 2.85 bits per heavy atom. The number of benzene rings is 2. The quantitative estimate of drug-likeness (QED) is 0.789. The molecule has 0 radical (unpaired) electrons. The molecule has 0 amide bonds. The molecule has 0 fully saturated rings. The number of fused-ring (bicyclic) bond motifs is 1. The van der Waals surface area contributed by atoms with E-state index in [1.165, 1.54) is 6.07 Å². The van der Waals surface area contributed by atoms with Gasteiger partial charge in [0.05, 0.1) is 5.52 Å². The second-order valence-electron chi connectivity index (χ2n) is 4.39. The van der Waals surface area contributed by atoms with Gasteiger partial charge in [-0.1, -0.05) is 18.2 Å². The molecule has 20 heavy (non-hydrogen) atoms. The summed E-state index contributed by atoms with van der Waals surface area (Å²) in [5.74, 6) is 0.287. The summed E-state index contributed by atoms with van der Waals surface area (Å²) in [5, 5.41) is 1.01. The summed E-state index contributed by atoms with van der Waals surface area (Å²) in [4.78, 5) is 4.25. The van der Waals surface area contributed by atoms with E-state index in [0.717, 1.165) is 10.9 Å². The molecule has 0 spiro atoms. The minimum absolute atomic E-state index is 0.172. The molecular weight excluding hydrogens is 255 g/mol. The van der Waals surface area contributed by atoms with Crippen LogP contribution in [0.3, 0.4) is 0 Å². The molecule has 0 saturated carbocycles. The maximum Gasteiger partial charge on any atom is 0.167 e. The normalized spacial score (nSPS) is 10.7. The molecule has 4 heteroatoms. The van der Waals surface area contributed by atoms with Gasteiger partial charge in [-0.3, -0.25) is 4.98 Å². The summed E-state index contributed by atoms with van der Waals surface area (Å²) in [6.07, 6.45) is 1.71. The second kappa shape index (κ2) is 5.27. The smallest absolute Gasteiger partial charge is 0.167 e. The number of para-hydroxylation sites is 1. The van der Waals surface area contributed by atoms with E-state index in [1.807, 2.05) is 18.2 Å². The Bertz CT molecular complexity index is 758. The molecule has 3 aromatic rings. The minimum Gasteiger partial charge on any atom is -0.454 e. The molecule has 2 aromatic carbocycles. The van der Waals surface area contributed by atoms with Crippen LogP contribution < -0.4 is 10.5 Å². The average Bonchev–Trinajstić information content (AvgIpc) is 2.49. The number of hydrogen-bond donors (Lipinski definition) is 1. The number of rotatable bonds is 3. The molecule has 3 nitrogen and oxygen atoms in total. The topological polar surface area (TPSA) is 48.1 Å². The fourth-order valence-electron chi connectivity index (χ4n) is 2.06. The van der Waals surface area contributed by atoms with Crippen LogP contribution in [0.25, 0.3) is 10.9 Å². The number of aromatic nitrogens is 1. The number of halogens is 1. The molecule has 0 aliphatic rings. The van der Waals surface area contributed by atoms with Gasteiger partial charge in [-0.05, 0) is 24.3 Å². The van der Waals surface area contributed by atoms with Gasteiger partial charge in [0.2, 0.25) is 0 Å². The van der Waals surface area contributed by atoms with Crippen LogP contribution >= 0.6 is 0 Å². The summed E-state index contributed by atoms with van der Waals surface area (Å²) in [6, 6.07) is 14.0. The van der Waals surface area contributed by atoms with Crippen LogP contribution in [0.1, 0.15) is 5.56 Å². The summed E-state index contributed by atoms with van der Waals surface area (Å²) < 4.78 is 19.5. The molecule has 1 aromatic heterocycles. The summed E-state index contributed by atoms with van der Waals surface area (Å²) in [7, 11) is 0. The van der Waals surface area contributed by atoms with Gasteiger partial charge in [0.15, 0.2) is 11.6 Å². The Hall–Kier alpha value is -2.46. The Morgan fingerprint density at radius 2 is 2.00 bits per heavy atom. The number of nitrogens with zero attached hydrogens (tertiary/aromatic N) is 1. The van der Waals surface area contributed by atoms with E-state index in [1.54, 1.807) is 30.5 Å². The van der Waals surface area contributed by atoms with Crippen molar-refractivity contribution < 1.29 is 9.13 Å². The first-order valence-electron chi connectivity index (χ1n) is 6.28. The Morgan fingerprint density at radius 1 is 1.10 bits per heavy atom. The van der Waals surface area contributed by atoms with Crippen molar-refractivity contribution in [1.29, 1.82) is 0 Å². The Balaban J connectivity index is 2.01. The van der Waals surface area contributed by atoms with Crippen molar-refractivity contribution >= 4 is 10.9 Å². The lowest BCUT2D eigenvalue weighted by Crippen LogP contribution is -2.01. The molecule has 0 unspecified atom stereocenters. The molecular formula is C16H13FN2O. The standard InChI is InChI=1S/C16H13FN2O/c17-14-5-1-3-12(10-18)16(14)20-13-7-6-11-4-2-8-19-15(11)9-13/h1-9H,10,18H2. The van der Waals surface area contributed by atoms with Crippen molar-refractivity contribution in [2.75, 3.05) is 0 Å². The highest BCUT2D eigenvalue weighted by Crippen LogP contribution is 2.29. The summed E-state index contributed by atoms with van der Waals surface area (Å²) in [5.41, 5.74) is 7.04. The zero-order chi connectivity index (χ0) is 13.9. The number of hydrogen-bond acceptors (Lipinski definition) is 3.